The molecule has 3 aliphatic rings. The van der Waals surface area contributed by atoms with Crippen molar-refractivity contribution in [1.29, 1.82) is 0 Å². The van der Waals surface area contributed by atoms with Crippen molar-refractivity contribution in [2.24, 2.45) is 0 Å². The molecule has 0 amide bonds. The Morgan fingerprint density at radius 1 is 1.06 bits per heavy atom. The molecule has 0 spiro atoms. The minimum atomic E-state index is -0.827. The minimum Gasteiger partial charge on any atom is -0.486 e. The van der Waals surface area contributed by atoms with Gasteiger partial charge in [-0.2, -0.15) is 0 Å². The molecule has 0 N–H and O–H groups in total. The summed E-state index contributed by atoms with van der Waals surface area (Å²) >= 11 is 0. The van der Waals surface area contributed by atoms with Crippen molar-refractivity contribution >= 4 is 5.97 Å². The first-order valence-corrected chi connectivity index (χ1v) is 11.9. The molecule has 6 nitrogen and oxygen atoms in total. The van der Waals surface area contributed by atoms with E-state index in [9.17, 15) is 4.79 Å². The summed E-state index contributed by atoms with van der Waals surface area (Å²) in [7, 11) is 1.70. The van der Waals surface area contributed by atoms with Crippen LogP contribution in [-0.4, -0.2) is 39.0 Å². The molecule has 33 heavy (non-hydrogen) atoms. The lowest BCUT2D eigenvalue weighted by atomic mass is 9.89. The maximum atomic E-state index is 11.3. The van der Waals surface area contributed by atoms with Crippen molar-refractivity contribution in [3.05, 3.63) is 58.7 Å². The van der Waals surface area contributed by atoms with Gasteiger partial charge in [0, 0.05) is 26.0 Å². The van der Waals surface area contributed by atoms with Crippen LogP contribution in [0.4, 0.5) is 0 Å². The van der Waals surface area contributed by atoms with E-state index in [1.165, 1.54) is 36.5 Å². The van der Waals surface area contributed by atoms with Gasteiger partial charge in [0.2, 0.25) is 0 Å². The Morgan fingerprint density at radius 2 is 1.88 bits per heavy atom. The number of methoxy groups -OCH3 is 1. The van der Waals surface area contributed by atoms with Gasteiger partial charge in [0.1, 0.15) is 19.8 Å². The zero-order valence-electron chi connectivity index (χ0n) is 19.4. The molecule has 5 rings (SSSR count). The lowest BCUT2D eigenvalue weighted by Gasteiger charge is -2.40. The molecular weight excluding hydrogens is 420 g/mol. The molecule has 6 heteroatoms. The van der Waals surface area contributed by atoms with Crippen LogP contribution < -0.4 is 9.47 Å². The Labute approximate surface area is 195 Å². The zero-order chi connectivity index (χ0) is 22.8. The van der Waals surface area contributed by atoms with E-state index in [-0.39, 0.29) is 18.7 Å². The van der Waals surface area contributed by atoms with Gasteiger partial charge in [0.25, 0.3) is 0 Å². The highest BCUT2D eigenvalue weighted by molar-refractivity contribution is 5.65. The fourth-order valence-corrected chi connectivity index (χ4v) is 4.96. The number of carbonyl (C=O) groups is 1. The second-order valence-electron chi connectivity index (χ2n) is 9.23. The minimum absolute atomic E-state index is 0.174. The second-order valence-corrected chi connectivity index (χ2v) is 9.23. The number of hydrogen-bond acceptors (Lipinski definition) is 6. The number of rotatable bonds is 7. The molecule has 2 fully saturated rings. The molecule has 0 bridgehead atoms. The van der Waals surface area contributed by atoms with Gasteiger partial charge < -0.3 is 23.7 Å². The van der Waals surface area contributed by atoms with Gasteiger partial charge in [0.05, 0.1) is 6.10 Å². The molecule has 1 aliphatic carbocycles. The standard InChI is InChI=1S/C27H32O6/c1-18(28)32-17-23-4-3-11-27(29-2,33-23)22-8-9-24(20-6-7-20)21(16-22)14-19-5-10-25-26(15-19)31-13-12-30-25/h5,8-10,15-16,20,23H,3-4,6-7,11-14,17H2,1-2H3/t23-,27?/m1/s1. The summed E-state index contributed by atoms with van der Waals surface area (Å²) in [4.78, 5) is 11.3. The summed E-state index contributed by atoms with van der Waals surface area (Å²) in [6.45, 7) is 2.86. The summed E-state index contributed by atoms with van der Waals surface area (Å²) in [6, 6.07) is 12.9. The molecule has 2 aromatic carbocycles. The highest BCUT2D eigenvalue weighted by Gasteiger charge is 2.40. The van der Waals surface area contributed by atoms with Crippen molar-refractivity contribution < 1.29 is 28.5 Å². The van der Waals surface area contributed by atoms with Crippen molar-refractivity contribution in [3.8, 4) is 11.5 Å². The third kappa shape index (κ3) is 4.87. The van der Waals surface area contributed by atoms with Crippen molar-refractivity contribution in [1.82, 2.24) is 0 Å². The first-order valence-electron chi connectivity index (χ1n) is 11.9. The maximum absolute atomic E-state index is 11.3. The van der Waals surface area contributed by atoms with Crippen molar-refractivity contribution in [2.75, 3.05) is 26.9 Å². The quantitative estimate of drug-likeness (QED) is 0.559. The van der Waals surface area contributed by atoms with E-state index in [0.29, 0.717) is 19.1 Å². The first-order chi connectivity index (χ1) is 16.1. The van der Waals surface area contributed by atoms with Crippen LogP contribution in [0.3, 0.4) is 0 Å². The summed E-state index contributed by atoms with van der Waals surface area (Å²) in [5.41, 5.74) is 4.93. The highest BCUT2D eigenvalue weighted by atomic mass is 16.7. The van der Waals surface area contributed by atoms with E-state index in [1.807, 2.05) is 6.07 Å². The van der Waals surface area contributed by atoms with E-state index in [2.05, 4.69) is 30.3 Å². The smallest absolute Gasteiger partial charge is 0.302 e. The van der Waals surface area contributed by atoms with E-state index >= 15 is 0 Å². The predicted octanol–water partition coefficient (Wildman–Crippen LogP) is 4.86. The molecule has 2 aliphatic heterocycles. The average Bonchev–Trinajstić information content (AvgIpc) is 3.68. The number of esters is 1. The molecule has 0 aromatic heterocycles. The summed E-state index contributed by atoms with van der Waals surface area (Å²) in [6.07, 6.45) is 5.68. The van der Waals surface area contributed by atoms with Gasteiger partial charge in [-0.15, -0.1) is 0 Å². The molecule has 176 valence electrons. The second kappa shape index (κ2) is 9.35. The van der Waals surface area contributed by atoms with E-state index < -0.39 is 5.79 Å². The summed E-state index contributed by atoms with van der Waals surface area (Å²) in [5.74, 6) is 1.15. The Morgan fingerprint density at radius 3 is 2.64 bits per heavy atom. The number of carbonyl (C=O) groups excluding carboxylic acids is 1. The molecule has 0 radical (unpaired) electrons. The summed E-state index contributed by atoms with van der Waals surface area (Å²) < 4.78 is 29.1. The Balaban J connectivity index is 1.43. The van der Waals surface area contributed by atoms with Gasteiger partial charge >= 0.3 is 5.97 Å². The van der Waals surface area contributed by atoms with Gasteiger partial charge in [-0.05, 0) is 72.9 Å². The van der Waals surface area contributed by atoms with Crippen LogP contribution >= 0.6 is 0 Å². The molecule has 2 heterocycles. The van der Waals surface area contributed by atoms with Crippen LogP contribution in [0.25, 0.3) is 0 Å². The number of fused-ring (bicyclic) bond motifs is 1. The van der Waals surface area contributed by atoms with Crippen LogP contribution in [0.5, 0.6) is 11.5 Å². The lowest BCUT2D eigenvalue weighted by Crippen LogP contribution is -2.42. The van der Waals surface area contributed by atoms with Gasteiger partial charge in [-0.1, -0.05) is 18.2 Å². The van der Waals surface area contributed by atoms with Crippen LogP contribution in [0.1, 0.15) is 67.2 Å². The topological polar surface area (TPSA) is 63.2 Å². The SMILES string of the molecule is COC1(c2ccc(C3CC3)c(Cc3ccc4c(c3)OCCO4)c2)CCC[C@H](COC(C)=O)O1. The normalized spacial score (nSPS) is 24.4. The third-order valence-electron chi connectivity index (χ3n) is 6.79. The van der Waals surface area contributed by atoms with Gasteiger partial charge in [-0.3, -0.25) is 4.79 Å². The third-order valence-corrected chi connectivity index (χ3v) is 6.79. The van der Waals surface area contributed by atoms with Crippen LogP contribution in [0, 0.1) is 0 Å². The van der Waals surface area contributed by atoms with Crippen LogP contribution in [0.2, 0.25) is 0 Å². The van der Waals surface area contributed by atoms with Gasteiger partial charge in [0.15, 0.2) is 17.3 Å². The van der Waals surface area contributed by atoms with E-state index in [1.54, 1.807) is 7.11 Å². The van der Waals surface area contributed by atoms with E-state index in [0.717, 1.165) is 42.7 Å². The lowest BCUT2D eigenvalue weighted by molar-refractivity contribution is -0.283. The number of hydrogen-bond donors (Lipinski definition) is 0. The Hall–Kier alpha value is -2.57. The number of ether oxygens (including phenoxy) is 5. The van der Waals surface area contributed by atoms with Crippen molar-refractivity contribution in [2.45, 2.75) is 63.3 Å². The maximum Gasteiger partial charge on any atom is 0.302 e. The van der Waals surface area contributed by atoms with Crippen LogP contribution in [-0.2, 0) is 31.2 Å². The first kappa shape index (κ1) is 22.2. The summed E-state index contributed by atoms with van der Waals surface area (Å²) in [5, 5.41) is 0. The average molecular weight is 453 g/mol. The predicted molar refractivity (Wildman–Crippen MR) is 123 cm³/mol. The molecular formula is C27H32O6. The molecule has 2 aromatic rings. The van der Waals surface area contributed by atoms with Gasteiger partial charge in [-0.25, -0.2) is 0 Å². The monoisotopic (exact) mass is 452 g/mol. The fourth-order valence-electron chi connectivity index (χ4n) is 4.96. The largest absolute Gasteiger partial charge is 0.486 e. The highest BCUT2D eigenvalue weighted by Crippen LogP contribution is 2.45. The zero-order valence-corrected chi connectivity index (χ0v) is 19.4. The van der Waals surface area contributed by atoms with Crippen LogP contribution in [0.15, 0.2) is 36.4 Å². The molecule has 1 saturated carbocycles. The van der Waals surface area contributed by atoms with E-state index in [4.69, 9.17) is 23.7 Å². The number of benzene rings is 2. The Kier molecular flexibility index (Phi) is 6.30. The molecule has 2 atom stereocenters. The fraction of sp³-hybridized carbons (Fsp3) is 0.519. The van der Waals surface area contributed by atoms with Crippen molar-refractivity contribution in [3.63, 3.8) is 0 Å². The molecule has 1 saturated heterocycles. The molecule has 1 unspecified atom stereocenters. The Bertz CT molecular complexity index is 1010.